The predicted molar refractivity (Wildman–Crippen MR) is 61.8 cm³/mol. The van der Waals surface area contributed by atoms with E-state index in [0.717, 1.165) is 32.5 Å². The summed E-state index contributed by atoms with van der Waals surface area (Å²) in [5.41, 5.74) is 1.30. The van der Waals surface area contributed by atoms with Crippen LogP contribution in [0.3, 0.4) is 0 Å². The fourth-order valence-electron chi connectivity index (χ4n) is 1.58. The maximum atomic E-state index is 3.92. The van der Waals surface area contributed by atoms with E-state index < -0.39 is 0 Å². The molecule has 0 saturated heterocycles. The molecule has 0 bridgehead atoms. The van der Waals surface area contributed by atoms with Gasteiger partial charge in [-0.2, -0.15) is 0 Å². The van der Waals surface area contributed by atoms with Crippen molar-refractivity contribution in [3.63, 3.8) is 0 Å². The highest BCUT2D eigenvalue weighted by molar-refractivity contribution is 5.07. The maximum absolute atomic E-state index is 3.92. The Balaban J connectivity index is 1.49. The van der Waals surface area contributed by atoms with Gasteiger partial charge in [-0.05, 0) is 31.0 Å². The monoisotopic (exact) mass is 219 g/mol. The molecule has 2 N–H and O–H groups in total. The van der Waals surface area contributed by atoms with Crippen molar-refractivity contribution in [3.05, 3.63) is 36.4 Å². The zero-order valence-corrected chi connectivity index (χ0v) is 9.26. The van der Waals surface area contributed by atoms with Crippen LogP contribution < -0.4 is 5.32 Å². The molecular weight excluding hydrogens is 202 g/mol. The van der Waals surface area contributed by atoms with Crippen LogP contribution in [0.15, 0.2) is 30.9 Å². The zero-order valence-electron chi connectivity index (χ0n) is 9.26. The summed E-state index contributed by atoms with van der Waals surface area (Å²) in [6.45, 7) is 2.93. The highest BCUT2D eigenvalue weighted by Gasteiger charge is 1.94. The molecule has 86 valence electrons. The molecule has 16 heavy (non-hydrogen) atoms. The normalized spacial score (nSPS) is 10.8. The highest BCUT2D eigenvalue weighted by Crippen LogP contribution is 1.96. The van der Waals surface area contributed by atoms with Gasteiger partial charge < -0.3 is 10.3 Å². The standard InChI is InChI=1S/C11H17N5/c1(2-7-16-8-6-14-15-16)4-12-9-11-3-5-13-10-11/h3,5-6,8,10,12-13H,1-2,4,7,9H2. The number of aromatic nitrogens is 4. The zero-order chi connectivity index (χ0) is 11.1. The summed E-state index contributed by atoms with van der Waals surface area (Å²) in [6.07, 6.45) is 9.86. The first-order valence-electron chi connectivity index (χ1n) is 5.61. The minimum Gasteiger partial charge on any atom is -0.367 e. The van der Waals surface area contributed by atoms with E-state index in [2.05, 4.69) is 26.7 Å². The van der Waals surface area contributed by atoms with Crippen molar-refractivity contribution >= 4 is 0 Å². The van der Waals surface area contributed by atoms with Gasteiger partial charge in [0.15, 0.2) is 0 Å². The molecule has 0 spiro atoms. The Morgan fingerprint density at radius 1 is 1.38 bits per heavy atom. The van der Waals surface area contributed by atoms with Gasteiger partial charge in [-0.3, -0.25) is 4.68 Å². The van der Waals surface area contributed by atoms with E-state index in [1.165, 1.54) is 5.56 Å². The second-order valence-electron chi connectivity index (χ2n) is 3.77. The molecule has 2 rings (SSSR count). The summed E-state index contributed by atoms with van der Waals surface area (Å²) < 4.78 is 1.87. The van der Waals surface area contributed by atoms with Gasteiger partial charge in [0.2, 0.25) is 0 Å². The number of unbranched alkanes of at least 4 members (excludes halogenated alkanes) is 1. The Bertz CT molecular complexity index is 327. The van der Waals surface area contributed by atoms with Crippen molar-refractivity contribution in [2.75, 3.05) is 6.54 Å². The highest BCUT2D eigenvalue weighted by atomic mass is 15.4. The van der Waals surface area contributed by atoms with Gasteiger partial charge in [0.05, 0.1) is 6.20 Å². The van der Waals surface area contributed by atoms with Crippen molar-refractivity contribution in [3.8, 4) is 0 Å². The summed E-state index contributed by atoms with van der Waals surface area (Å²) in [5.74, 6) is 0. The Morgan fingerprint density at radius 3 is 3.12 bits per heavy atom. The van der Waals surface area contributed by atoms with Gasteiger partial charge in [-0.25, -0.2) is 0 Å². The summed E-state index contributed by atoms with van der Waals surface area (Å²) in [6, 6.07) is 2.09. The molecule has 0 aliphatic heterocycles. The third-order valence-electron chi connectivity index (χ3n) is 2.45. The average Bonchev–Trinajstić information content (AvgIpc) is 2.96. The van der Waals surface area contributed by atoms with Crippen molar-refractivity contribution in [1.82, 2.24) is 25.3 Å². The minimum absolute atomic E-state index is 0.937. The van der Waals surface area contributed by atoms with Crippen LogP contribution in [0.1, 0.15) is 18.4 Å². The summed E-state index contributed by atoms with van der Waals surface area (Å²) in [5, 5.41) is 11.1. The average molecular weight is 219 g/mol. The van der Waals surface area contributed by atoms with E-state index in [0.29, 0.717) is 0 Å². The van der Waals surface area contributed by atoms with E-state index in [-0.39, 0.29) is 0 Å². The molecule has 0 atom stereocenters. The predicted octanol–water partition coefficient (Wildman–Crippen LogP) is 1.18. The van der Waals surface area contributed by atoms with E-state index >= 15 is 0 Å². The van der Waals surface area contributed by atoms with Crippen LogP contribution in [-0.2, 0) is 13.1 Å². The molecule has 0 aliphatic carbocycles. The fourth-order valence-corrected chi connectivity index (χ4v) is 1.58. The number of aromatic amines is 1. The Labute approximate surface area is 94.9 Å². The van der Waals surface area contributed by atoms with Crippen LogP contribution in [0, 0.1) is 0 Å². The van der Waals surface area contributed by atoms with Crippen LogP contribution in [0.5, 0.6) is 0 Å². The molecule has 0 amide bonds. The molecule has 2 aromatic heterocycles. The SMILES string of the molecule is c1cn(CCCCNCc2cc[nH]c2)nn1. The molecule has 5 nitrogen and oxygen atoms in total. The van der Waals surface area contributed by atoms with Gasteiger partial charge in [0.1, 0.15) is 0 Å². The topological polar surface area (TPSA) is 58.5 Å². The van der Waals surface area contributed by atoms with Crippen LogP contribution in [0.25, 0.3) is 0 Å². The molecule has 0 unspecified atom stereocenters. The van der Waals surface area contributed by atoms with E-state index in [4.69, 9.17) is 0 Å². The van der Waals surface area contributed by atoms with Crippen molar-refractivity contribution in [2.24, 2.45) is 0 Å². The molecule has 2 aromatic rings. The van der Waals surface area contributed by atoms with Crippen LogP contribution in [-0.4, -0.2) is 26.5 Å². The Morgan fingerprint density at radius 2 is 2.38 bits per heavy atom. The minimum atomic E-state index is 0.937. The number of hydrogen-bond donors (Lipinski definition) is 2. The number of rotatable bonds is 7. The van der Waals surface area contributed by atoms with Crippen LogP contribution in [0.2, 0.25) is 0 Å². The molecule has 0 aliphatic rings. The number of nitrogens with zero attached hydrogens (tertiary/aromatic N) is 3. The Kier molecular flexibility index (Phi) is 4.13. The van der Waals surface area contributed by atoms with Crippen molar-refractivity contribution in [2.45, 2.75) is 25.9 Å². The summed E-state index contributed by atoms with van der Waals surface area (Å²) in [4.78, 5) is 3.04. The van der Waals surface area contributed by atoms with Crippen LogP contribution >= 0.6 is 0 Å². The van der Waals surface area contributed by atoms with Gasteiger partial charge in [0.25, 0.3) is 0 Å². The molecule has 0 fully saturated rings. The van der Waals surface area contributed by atoms with Crippen molar-refractivity contribution < 1.29 is 0 Å². The molecular formula is C11H17N5. The molecule has 5 heteroatoms. The Hall–Kier alpha value is -1.62. The van der Waals surface area contributed by atoms with E-state index in [9.17, 15) is 0 Å². The van der Waals surface area contributed by atoms with E-state index in [1.807, 2.05) is 23.3 Å². The van der Waals surface area contributed by atoms with E-state index in [1.54, 1.807) is 6.20 Å². The quantitative estimate of drug-likeness (QED) is 0.687. The maximum Gasteiger partial charge on any atom is 0.0692 e. The lowest BCUT2D eigenvalue weighted by molar-refractivity contribution is 0.523. The fraction of sp³-hybridized carbons (Fsp3) is 0.455. The number of aryl methyl sites for hydroxylation is 1. The molecule has 0 saturated carbocycles. The third-order valence-corrected chi connectivity index (χ3v) is 2.45. The van der Waals surface area contributed by atoms with Gasteiger partial charge in [-0.15, -0.1) is 5.10 Å². The van der Waals surface area contributed by atoms with Crippen LogP contribution in [0.4, 0.5) is 0 Å². The van der Waals surface area contributed by atoms with Gasteiger partial charge in [-0.1, -0.05) is 5.21 Å². The summed E-state index contributed by atoms with van der Waals surface area (Å²) >= 11 is 0. The number of hydrogen-bond acceptors (Lipinski definition) is 3. The second-order valence-corrected chi connectivity index (χ2v) is 3.77. The second kappa shape index (κ2) is 6.07. The van der Waals surface area contributed by atoms with Gasteiger partial charge in [0, 0.05) is 31.7 Å². The molecule has 0 radical (unpaired) electrons. The van der Waals surface area contributed by atoms with Gasteiger partial charge >= 0.3 is 0 Å². The number of nitrogens with one attached hydrogen (secondary N) is 2. The molecule has 0 aromatic carbocycles. The van der Waals surface area contributed by atoms with Crippen molar-refractivity contribution in [1.29, 1.82) is 0 Å². The first kappa shape index (κ1) is 10.9. The lowest BCUT2D eigenvalue weighted by Gasteiger charge is -2.03. The lowest BCUT2D eigenvalue weighted by Crippen LogP contribution is -2.14. The lowest BCUT2D eigenvalue weighted by atomic mass is 10.3. The first-order chi connectivity index (χ1) is 7.95. The smallest absolute Gasteiger partial charge is 0.0692 e. The largest absolute Gasteiger partial charge is 0.367 e. The third kappa shape index (κ3) is 3.51. The summed E-state index contributed by atoms with van der Waals surface area (Å²) in [7, 11) is 0. The first-order valence-corrected chi connectivity index (χ1v) is 5.61. The number of H-pyrrole nitrogens is 1. The molecule has 2 heterocycles.